The molecule has 0 radical (unpaired) electrons. The van der Waals surface area contributed by atoms with Crippen LogP contribution in [0.2, 0.25) is 20.1 Å². The van der Waals surface area contributed by atoms with E-state index < -0.39 is 0 Å². The van der Waals surface area contributed by atoms with Crippen molar-refractivity contribution in [2.24, 2.45) is 0 Å². The topological polar surface area (TPSA) is 117 Å². The van der Waals surface area contributed by atoms with E-state index in [4.69, 9.17) is 46.4 Å². The average Bonchev–Trinajstić information content (AvgIpc) is 3.67. The summed E-state index contributed by atoms with van der Waals surface area (Å²) >= 11 is 24.8. The van der Waals surface area contributed by atoms with Crippen molar-refractivity contribution in [2.45, 2.75) is 66.2 Å². The minimum absolute atomic E-state index is 0.0101. The molecule has 2 aliphatic rings. The van der Waals surface area contributed by atoms with Gasteiger partial charge in [0.1, 0.15) is 0 Å². The maximum atomic E-state index is 13.1. The van der Waals surface area contributed by atoms with Crippen LogP contribution in [0.3, 0.4) is 0 Å². The molecule has 0 atom stereocenters. The molecule has 0 spiro atoms. The van der Waals surface area contributed by atoms with Gasteiger partial charge in [0, 0.05) is 64.2 Å². The first-order valence-electron chi connectivity index (χ1n) is 18.6. The van der Waals surface area contributed by atoms with E-state index in [9.17, 15) is 14.4 Å². The molecule has 0 bridgehead atoms. The standard InChI is InChI=1S/C24H24Cl2N4O2.C17H20Cl2N4O/c1-15-22(24(32)28-29-12-4-3-5-13-29)27-30(21-11-10-19(25)14-20(21)26)23(15)18-8-6-17(7-9-18)16(2)31;1-11-12(2)23(15-7-6-13(18)10-14(15)19)20-16(11)17(24)21-22-8-4-3-5-9-22/h6-11,14H,3-5,12-13H2,1-2H3,(H,28,32);6-7,10H,3-5,8-9H2,1-2H3,(H,21,24). The molecule has 11 nitrogen and oxygen atoms in total. The van der Waals surface area contributed by atoms with Crippen molar-refractivity contribution >= 4 is 64.0 Å². The van der Waals surface area contributed by atoms with Crippen molar-refractivity contribution in [1.82, 2.24) is 40.4 Å². The summed E-state index contributed by atoms with van der Waals surface area (Å²) in [6, 6.07) is 17.6. The van der Waals surface area contributed by atoms with Gasteiger partial charge in [-0.25, -0.2) is 19.4 Å². The number of amides is 2. The van der Waals surface area contributed by atoms with E-state index in [0.717, 1.165) is 79.9 Å². The fraction of sp³-hybridized carbons (Fsp3) is 0.341. The summed E-state index contributed by atoms with van der Waals surface area (Å²) in [6.07, 6.45) is 6.72. The fourth-order valence-corrected chi connectivity index (χ4v) is 7.81. The zero-order valence-corrected chi connectivity index (χ0v) is 34.8. The lowest BCUT2D eigenvalue weighted by Gasteiger charge is -2.26. The van der Waals surface area contributed by atoms with Gasteiger partial charge in [-0.15, -0.1) is 0 Å². The third kappa shape index (κ3) is 9.48. The number of nitrogens with zero attached hydrogens (tertiary/aromatic N) is 6. The quantitative estimate of drug-likeness (QED) is 0.150. The lowest BCUT2D eigenvalue weighted by Crippen LogP contribution is -2.45. The number of nitrogens with one attached hydrogen (secondary N) is 2. The number of hydrogen-bond acceptors (Lipinski definition) is 7. The average molecular weight is 839 g/mol. The van der Waals surface area contributed by atoms with Crippen molar-refractivity contribution in [3.63, 3.8) is 0 Å². The molecule has 3 aromatic carbocycles. The number of Topliss-reactive ketones (excluding diaryl/α,β-unsaturated/α-hetero) is 1. The van der Waals surface area contributed by atoms with Gasteiger partial charge in [-0.05, 0) is 89.8 Å². The summed E-state index contributed by atoms with van der Waals surface area (Å²) in [5.74, 6) is -0.444. The first-order valence-corrected chi connectivity index (χ1v) is 20.1. The predicted molar refractivity (Wildman–Crippen MR) is 223 cm³/mol. The number of hydrogen-bond donors (Lipinski definition) is 2. The van der Waals surface area contributed by atoms with Crippen molar-refractivity contribution in [3.05, 3.63) is 115 Å². The molecule has 15 heteroatoms. The van der Waals surface area contributed by atoms with Crippen LogP contribution in [0.1, 0.15) is 93.6 Å². The van der Waals surface area contributed by atoms with Crippen LogP contribution in [-0.4, -0.2) is 73.4 Å². The lowest BCUT2D eigenvalue weighted by molar-refractivity contribution is 0.0736. The molecule has 0 aliphatic carbocycles. The van der Waals surface area contributed by atoms with Crippen LogP contribution in [0.15, 0.2) is 60.7 Å². The summed E-state index contributed by atoms with van der Waals surface area (Å²) in [5, 5.41) is 15.0. The molecule has 2 amide bonds. The number of hydrazine groups is 2. The van der Waals surface area contributed by atoms with Gasteiger partial charge in [-0.3, -0.25) is 25.2 Å². The number of benzene rings is 3. The Morgan fingerprint density at radius 1 is 0.589 bits per heavy atom. The maximum Gasteiger partial charge on any atom is 0.286 e. The van der Waals surface area contributed by atoms with Crippen molar-refractivity contribution in [1.29, 1.82) is 0 Å². The van der Waals surface area contributed by atoms with E-state index in [1.54, 1.807) is 57.9 Å². The highest BCUT2D eigenvalue weighted by Gasteiger charge is 2.26. The van der Waals surface area contributed by atoms with E-state index in [1.807, 2.05) is 42.9 Å². The zero-order chi connectivity index (χ0) is 40.1. The SMILES string of the molecule is CC(=O)c1ccc(-c2c(C)c(C(=O)NN3CCCCC3)nn2-c2ccc(Cl)cc2Cl)cc1.Cc1c(C(=O)NN2CCCCC2)nn(-c2ccc(Cl)cc2Cl)c1C. The maximum absolute atomic E-state index is 13.1. The second kappa shape index (κ2) is 18.4. The van der Waals surface area contributed by atoms with Crippen LogP contribution in [-0.2, 0) is 0 Å². The Hall–Kier alpha value is -4.23. The smallest absolute Gasteiger partial charge is 0.286 e. The van der Waals surface area contributed by atoms with E-state index in [-0.39, 0.29) is 17.6 Å². The number of piperidine rings is 2. The first-order chi connectivity index (χ1) is 26.8. The van der Waals surface area contributed by atoms with E-state index in [2.05, 4.69) is 21.0 Å². The van der Waals surface area contributed by atoms with Gasteiger partial charge in [0.05, 0.1) is 27.1 Å². The summed E-state index contributed by atoms with van der Waals surface area (Å²) in [7, 11) is 0. The number of ketones is 1. The molecule has 2 fully saturated rings. The van der Waals surface area contributed by atoms with Crippen molar-refractivity contribution in [3.8, 4) is 22.6 Å². The summed E-state index contributed by atoms with van der Waals surface area (Å²) in [4.78, 5) is 37.4. The molecule has 56 heavy (non-hydrogen) atoms. The van der Waals surface area contributed by atoms with Crippen LogP contribution in [0.5, 0.6) is 0 Å². The normalized spacial score (nSPS) is 14.9. The Kier molecular flexibility index (Phi) is 13.6. The molecule has 294 valence electrons. The molecule has 0 saturated carbocycles. The van der Waals surface area contributed by atoms with Crippen LogP contribution < -0.4 is 10.9 Å². The summed E-state index contributed by atoms with van der Waals surface area (Å²) in [5.41, 5.74) is 12.6. The van der Waals surface area contributed by atoms with Gasteiger partial charge in [-0.1, -0.05) is 83.5 Å². The monoisotopic (exact) mass is 836 g/mol. The molecule has 2 aliphatic heterocycles. The molecule has 0 unspecified atom stereocenters. The second-order valence-electron chi connectivity index (χ2n) is 14.0. The van der Waals surface area contributed by atoms with Crippen molar-refractivity contribution < 1.29 is 14.4 Å². The number of aromatic nitrogens is 4. The molecular formula is C41H44Cl4N8O3. The van der Waals surface area contributed by atoms with Gasteiger partial charge in [0.15, 0.2) is 17.2 Å². The summed E-state index contributed by atoms with van der Waals surface area (Å²) in [6.45, 7) is 10.6. The number of carbonyl (C=O) groups excluding carboxylic acids is 3. The van der Waals surface area contributed by atoms with Crippen LogP contribution in [0, 0.1) is 20.8 Å². The molecule has 2 saturated heterocycles. The zero-order valence-electron chi connectivity index (χ0n) is 31.8. The van der Waals surface area contributed by atoms with Gasteiger partial charge in [0.2, 0.25) is 0 Å². The van der Waals surface area contributed by atoms with E-state index >= 15 is 0 Å². The molecule has 2 aromatic heterocycles. The van der Waals surface area contributed by atoms with E-state index in [1.165, 1.54) is 19.8 Å². The van der Waals surface area contributed by atoms with Crippen LogP contribution >= 0.6 is 46.4 Å². The van der Waals surface area contributed by atoms with Gasteiger partial charge in [-0.2, -0.15) is 10.2 Å². The highest BCUT2D eigenvalue weighted by molar-refractivity contribution is 6.36. The minimum Gasteiger partial charge on any atom is -0.295 e. The second-order valence-corrected chi connectivity index (χ2v) is 15.7. The highest BCUT2D eigenvalue weighted by Crippen LogP contribution is 2.33. The first kappa shape index (κ1) is 41.4. The molecule has 2 N–H and O–H groups in total. The van der Waals surface area contributed by atoms with Gasteiger partial charge in [0.25, 0.3) is 11.8 Å². The highest BCUT2D eigenvalue weighted by atomic mass is 35.5. The lowest BCUT2D eigenvalue weighted by atomic mass is 10.0. The molecule has 7 rings (SSSR count). The fourth-order valence-electron chi connectivity index (χ4n) is 6.83. The Morgan fingerprint density at radius 2 is 1.04 bits per heavy atom. The van der Waals surface area contributed by atoms with E-state index in [0.29, 0.717) is 48.4 Å². The molecule has 4 heterocycles. The number of halogens is 4. The van der Waals surface area contributed by atoms with Gasteiger partial charge < -0.3 is 0 Å². The Bertz CT molecular complexity index is 2240. The van der Waals surface area contributed by atoms with Crippen molar-refractivity contribution in [2.75, 3.05) is 26.2 Å². The minimum atomic E-state index is -0.255. The third-order valence-corrected chi connectivity index (χ3v) is 11.1. The molecular weight excluding hydrogens is 794 g/mol. The number of rotatable bonds is 8. The van der Waals surface area contributed by atoms with Gasteiger partial charge >= 0.3 is 0 Å². The predicted octanol–water partition coefficient (Wildman–Crippen LogP) is 9.41. The number of carbonyl (C=O) groups is 3. The largest absolute Gasteiger partial charge is 0.295 e. The molecule has 5 aromatic rings. The van der Waals surface area contributed by atoms with Crippen LogP contribution in [0.4, 0.5) is 0 Å². The third-order valence-electron chi connectivity index (χ3n) is 10.0. The summed E-state index contributed by atoms with van der Waals surface area (Å²) < 4.78 is 3.36. The Morgan fingerprint density at radius 3 is 1.50 bits per heavy atom. The Balaban J connectivity index is 0.000000198. The van der Waals surface area contributed by atoms with Crippen LogP contribution in [0.25, 0.3) is 22.6 Å². The Labute approximate surface area is 346 Å².